The third-order valence-corrected chi connectivity index (χ3v) is 3.30. The molecule has 0 amide bonds. The Hall–Kier alpha value is -2.01. The van der Waals surface area contributed by atoms with Crippen molar-refractivity contribution in [2.24, 2.45) is 0 Å². The fraction of sp³-hybridized carbons (Fsp3) is 0. The van der Waals surface area contributed by atoms with Crippen molar-refractivity contribution in [2.45, 2.75) is 0 Å². The molecule has 90 valence electrons. The Kier molecular flexibility index (Phi) is 2.48. The molecule has 3 aromatic rings. The molecule has 2 aromatic heterocycles. The fourth-order valence-corrected chi connectivity index (χ4v) is 2.29. The van der Waals surface area contributed by atoms with E-state index >= 15 is 0 Å². The predicted octanol–water partition coefficient (Wildman–Crippen LogP) is 3.89. The van der Waals surface area contributed by atoms with E-state index < -0.39 is 5.97 Å². The van der Waals surface area contributed by atoms with E-state index in [1.165, 1.54) is 6.07 Å². The van der Waals surface area contributed by atoms with Gasteiger partial charge >= 0.3 is 5.97 Å². The minimum atomic E-state index is -0.987. The lowest BCUT2D eigenvalue weighted by molar-refractivity contribution is 0.0691. The van der Waals surface area contributed by atoms with Crippen LogP contribution in [-0.2, 0) is 0 Å². The zero-order chi connectivity index (χ0) is 12.7. The van der Waals surface area contributed by atoms with Gasteiger partial charge in [0.25, 0.3) is 0 Å². The highest BCUT2D eigenvalue weighted by Gasteiger charge is 2.12. The molecule has 4 nitrogen and oxygen atoms in total. The number of H-pyrrole nitrogens is 1. The number of carboxylic acids is 1. The number of carbonyl (C=O) groups is 1. The second kappa shape index (κ2) is 4.03. The van der Waals surface area contributed by atoms with Crippen LogP contribution in [0, 0.1) is 0 Å². The fourth-order valence-electron chi connectivity index (χ4n) is 1.82. The molecule has 0 aliphatic heterocycles. The topological polar surface area (TPSA) is 66.2 Å². The highest BCUT2D eigenvalue weighted by atomic mass is 79.9. The number of carboxylic acid groups (broad SMARTS) is 1. The predicted molar refractivity (Wildman–Crippen MR) is 70.7 cm³/mol. The largest absolute Gasteiger partial charge is 0.477 e. The average molecular weight is 306 g/mol. The number of benzene rings is 1. The third kappa shape index (κ3) is 1.73. The Balaban J connectivity index is 2.13. The number of rotatable bonds is 2. The van der Waals surface area contributed by atoms with Gasteiger partial charge in [0.1, 0.15) is 11.3 Å². The van der Waals surface area contributed by atoms with E-state index in [0.717, 1.165) is 15.4 Å². The molecule has 5 heteroatoms. The van der Waals surface area contributed by atoms with Crippen molar-refractivity contribution in [3.63, 3.8) is 0 Å². The van der Waals surface area contributed by atoms with Crippen LogP contribution in [0.1, 0.15) is 10.5 Å². The number of hydrogen-bond acceptors (Lipinski definition) is 2. The molecule has 1 aromatic carbocycles. The van der Waals surface area contributed by atoms with E-state index in [9.17, 15) is 4.79 Å². The maximum Gasteiger partial charge on any atom is 0.352 e. The molecule has 18 heavy (non-hydrogen) atoms. The molecule has 0 atom stereocenters. The number of aromatic carboxylic acids is 1. The van der Waals surface area contributed by atoms with E-state index in [1.807, 2.05) is 24.3 Å². The molecule has 2 heterocycles. The Labute approximate surface area is 110 Å². The Morgan fingerprint density at radius 3 is 2.78 bits per heavy atom. The van der Waals surface area contributed by atoms with Crippen molar-refractivity contribution >= 4 is 32.9 Å². The first-order valence-electron chi connectivity index (χ1n) is 5.26. The van der Waals surface area contributed by atoms with Crippen LogP contribution in [0.3, 0.4) is 0 Å². The summed E-state index contributed by atoms with van der Waals surface area (Å²) in [7, 11) is 0. The first-order chi connectivity index (χ1) is 8.65. The maximum atomic E-state index is 10.8. The van der Waals surface area contributed by atoms with Gasteiger partial charge in [0, 0.05) is 5.39 Å². The number of aromatic amines is 1. The molecule has 0 aliphatic carbocycles. The molecule has 2 N–H and O–H groups in total. The summed E-state index contributed by atoms with van der Waals surface area (Å²) in [6.07, 6.45) is 0. The summed E-state index contributed by atoms with van der Waals surface area (Å²) in [5.74, 6) is -0.372. The van der Waals surface area contributed by atoms with Crippen molar-refractivity contribution in [1.29, 1.82) is 0 Å². The quantitative estimate of drug-likeness (QED) is 0.755. The lowest BCUT2D eigenvalue weighted by Crippen LogP contribution is -1.95. The normalized spacial score (nSPS) is 10.9. The highest BCUT2D eigenvalue weighted by Crippen LogP contribution is 2.31. The smallest absolute Gasteiger partial charge is 0.352 e. The van der Waals surface area contributed by atoms with Crippen LogP contribution >= 0.6 is 15.9 Å². The van der Waals surface area contributed by atoms with Gasteiger partial charge in [-0.05, 0) is 40.2 Å². The summed E-state index contributed by atoms with van der Waals surface area (Å²) in [6.45, 7) is 0. The molecule has 0 fully saturated rings. The van der Waals surface area contributed by atoms with Crippen molar-refractivity contribution in [3.05, 3.63) is 46.6 Å². The van der Waals surface area contributed by atoms with Crippen LogP contribution < -0.4 is 0 Å². The van der Waals surface area contributed by atoms with Crippen molar-refractivity contribution < 1.29 is 14.3 Å². The van der Waals surface area contributed by atoms with Crippen molar-refractivity contribution in [3.8, 4) is 11.5 Å². The van der Waals surface area contributed by atoms with Crippen LogP contribution in [0.25, 0.3) is 22.4 Å². The number of hydrogen-bond donors (Lipinski definition) is 2. The molecule has 0 spiro atoms. The number of aromatic nitrogens is 1. The summed E-state index contributed by atoms with van der Waals surface area (Å²) in [6, 6.07) is 10.8. The Morgan fingerprint density at radius 2 is 2.11 bits per heavy atom. The summed E-state index contributed by atoms with van der Waals surface area (Å²) < 4.78 is 6.58. The molecule has 0 radical (unpaired) electrons. The zero-order valence-corrected chi connectivity index (χ0v) is 10.7. The highest BCUT2D eigenvalue weighted by molar-refractivity contribution is 9.10. The van der Waals surface area contributed by atoms with E-state index in [2.05, 4.69) is 20.9 Å². The molecular weight excluding hydrogens is 298 g/mol. The molecule has 0 saturated carbocycles. The number of halogens is 1. The standard InChI is InChI=1S/C13H8BrNO3/c14-8-3-1-2-7-6-11(18-12(7)8)9-4-5-10(15-9)13(16)17/h1-6,15H,(H,16,17). The lowest BCUT2D eigenvalue weighted by atomic mass is 10.2. The molecule has 0 bridgehead atoms. The minimum Gasteiger partial charge on any atom is -0.477 e. The summed E-state index contributed by atoms with van der Waals surface area (Å²) >= 11 is 3.41. The van der Waals surface area contributed by atoms with Crippen molar-refractivity contribution in [1.82, 2.24) is 4.98 Å². The van der Waals surface area contributed by atoms with Gasteiger partial charge in [-0.15, -0.1) is 0 Å². The lowest BCUT2D eigenvalue weighted by Gasteiger charge is -1.92. The molecule has 0 aliphatic rings. The first kappa shape index (κ1) is 11.1. The van der Waals surface area contributed by atoms with Crippen LogP contribution in [0.15, 0.2) is 45.3 Å². The van der Waals surface area contributed by atoms with Crippen LogP contribution in [0.2, 0.25) is 0 Å². The Morgan fingerprint density at radius 1 is 1.28 bits per heavy atom. The second-order valence-corrected chi connectivity index (χ2v) is 4.71. The molecule has 3 rings (SSSR count). The van der Waals surface area contributed by atoms with E-state index in [0.29, 0.717) is 11.5 Å². The van der Waals surface area contributed by atoms with Gasteiger partial charge in [-0.25, -0.2) is 4.79 Å². The van der Waals surface area contributed by atoms with Crippen LogP contribution in [0.4, 0.5) is 0 Å². The van der Waals surface area contributed by atoms with E-state index in [4.69, 9.17) is 9.52 Å². The zero-order valence-electron chi connectivity index (χ0n) is 9.11. The van der Waals surface area contributed by atoms with E-state index in [1.54, 1.807) is 6.07 Å². The van der Waals surface area contributed by atoms with Gasteiger partial charge in [0.15, 0.2) is 5.76 Å². The van der Waals surface area contributed by atoms with Gasteiger partial charge in [-0.1, -0.05) is 12.1 Å². The summed E-state index contributed by atoms with van der Waals surface area (Å²) in [5, 5.41) is 9.82. The second-order valence-electron chi connectivity index (χ2n) is 3.86. The number of furan rings is 1. The average Bonchev–Trinajstić information content (AvgIpc) is 2.95. The molecule has 0 saturated heterocycles. The van der Waals surface area contributed by atoms with Gasteiger partial charge in [0.05, 0.1) is 10.2 Å². The number of fused-ring (bicyclic) bond motifs is 1. The maximum absolute atomic E-state index is 10.8. The van der Waals surface area contributed by atoms with E-state index in [-0.39, 0.29) is 5.69 Å². The van der Waals surface area contributed by atoms with Gasteiger partial charge in [0.2, 0.25) is 0 Å². The molecular formula is C13H8BrNO3. The SMILES string of the molecule is O=C(O)c1ccc(-c2cc3cccc(Br)c3o2)[nH]1. The van der Waals surface area contributed by atoms with Gasteiger partial charge in [-0.3, -0.25) is 0 Å². The van der Waals surface area contributed by atoms with Crippen LogP contribution in [-0.4, -0.2) is 16.1 Å². The Bertz CT molecular complexity index is 742. The van der Waals surface area contributed by atoms with Crippen LogP contribution in [0.5, 0.6) is 0 Å². The van der Waals surface area contributed by atoms with Crippen molar-refractivity contribution in [2.75, 3.05) is 0 Å². The third-order valence-electron chi connectivity index (χ3n) is 2.68. The van der Waals surface area contributed by atoms with Gasteiger partial charge in [-0.2, -0.15) is 0 Å². The first-order valence-corrected chi connectivity index (χ1v) is 6.05. The number of para-hydroxylation sites is 1. The minimum absolute atomic E-state index is 0.143. The monoisotopic (exact) mass is 305 g/mol. The summed E-state index contributed by atoms with van der Waals surface area (Å²) in [4.78, 5) is 13.6. The molecule has 0 unspecified atom stereocenters. The summed E-state index contributed by atoms with van der Waals surface area (Å²) in [5.41, 5.74) is 1.54. The van der Waals surface area contributed by atoms with Gasteiger partial charge < -0.3 is 14.5 Å². The number of nitrogens with one attached hydrogen (secondary N) is 1.